The Bertz CT molecular complexity index is 483. The summed E-state index contributed by atoms with van der Waals surface area (Å²) in [4.78, 5) is 26.7. The molecule has 0 saturated carbocycles. The van der Waals surface area contributed by atoms with Crippen LogP contribution in [0.5, 0.6) is 0 Å². The molecule has 0 fully saturated rings. The summed E-state index contributed by atoms with van der Waals surface area (Å²) in [6, 6.07) is 6.85. The van der Waals surface area contributed by atoms with E-state index in [1.165, 1.54) is 14.0 Å². The van der Waals surface area contributed by atoms with Crippen molar-refractivity contribution in [2.24, 2.45) is 10.9 Å². The molecular weight excluding hydrogens is 236 g/mol. The number of hydrogen-bond donors (Lipinski definition) is 1. The standard InChI is InChI=1S/C12H14N2O4/c1-8(15)18-7-9-5-3-4-6-10(9)11(12(13)16)14-17-2/h3-6H,7H2,1-2H3,(H2,13,16). The number of oxime groups is 1. The van der Waals surface area contributed by atoms with Crippen LogP contribution in [0.25, 0.3) is 0 Å². The van der Waals surface area contributed by atoms with Crippen LogP contribution in [0.3, 0.4) is 0 Å². The van der Waals surface area contributed by atoms with Crippen LogP contribution in [0.1, 0.15) is 18.1 Å². The van der Waals surface area contributed by atoms with E-state index in [4.69, 9.17) is 10.5 Å². The lowest BCUT2D eigenvalue weighted by Gasteiger charge is -2.09. The minimum atomic E-state index is -0.716. The molecule has 0 bridgehead atoms. The van der Waals surface area contributed by atoms with E-state index >= 15 is 0 Å². The summed E-state index contributed by atoms with van der Waals surface area (Å²) < 4.78 is 4.89. The van der Waals surface area contributed by atoms with Crippen LogP contribution in [0.2, 0.25) is 0 Å². The van der Waals surface area contributed by atoms with Crippen molar-refractivity contribution in [2.75, 3.05) is 7.11 Å². The van der Waals surface area contributed by atoms with Crippen LogP contribution >= 0.6 is 0 Å². The highest BCUT2D eigenvalue weighted by Crippen LogP contribution is 2.12. The number of carbonyl (C=O) groups is 2. The maximum absolute atomic E-state index is 11.3. The summed E-state index contributed by atoms with van der Waals surface area (Å²) in [6.07, 6.45) is 0. The summed E-state index contributed by atoms with van der Waals surface area (Å²) in [5.41, 5.74) is 6.32. The molecule has 0 aliphatic heterocycles. The van der Waals surface area contributed by atoms with Gasteiger partial charge in [-0.2, -0.15) is 0 Å². The summed E-state index contributed by atoms with van der Waals surface area (Å²) in [6.45, 7) is 1.35. The van der Waals surface area contributed by atoms with Gasteiger partial charge in [-0.25, -0.2) is 0 Å². The first-order chi connectivity index (χ1) is 8.56. The highest BCUT2D eigenvalue weighted by Gasteiger charge is 2.15. The molecule has 6 heteroatoms. The largest absolute Gasteiger partial charge is 0.461 e. The van der Waals surface area contributed by atoms with Crippen molar-refractivity contribution in [1.82, 2.24) is 0 Å². The first-order valence-electron chi connectivity index (χ1n) is 5.19. The van der Waals surface area contributed by atoms with Crippen molar-refractivity contribution in [1.29, 1.82) is 0 Å². The predicted octanol–water partition coefficient (Wildman–Crippen LogP) is 0.585. The maximum Gasteiger partial charge on any atom is 0.302 e. The molecule has 1 rings (SSSR count). The Morgan fingerprint density at radius 1 is 1.33 bits per heavy atom. The lowest BCUT2D eigenvalue weighted by atomic mass is 10.0. The molecule has 0 aliphatic carbocycles. The van der Waals surface area contributed by atoms with E-state index in [1.807, 2.05) is 0 Å². The molecule has 1 aromatic rings. The summed E-state index contributed by atoms with van der Waals surface area (Å²) >= 11 is 0. The lowest BCUT2D eigenvalue weighted by molar-refractivity contribution is -0.142. The van der Waals surface area contributed by atoms with Gasteiger partial charge < -0.3 is 15.3 Å². The highest BCUT2D eigenvalue weighted by atomic mass is 16.6. The average Bonchev–Trinajstić information content (AvgIpc) is 2.33. The van der Waals surface area contributed by atoms with Gasteiger partial charge in [0.15, 0.2) is 5.71 Å². The SMILES string of the molecule is CON=C(C(N)=O)c1ccccc1COC(C)=O. The number of carbonyl (C=O) groups excluding carboxylic acids is 2. The lowest BCUT2D eigenvalue weighted by Crippen LogP contribution is -2.25. The summed E-state index contributed by atoms with van der Waals surface area (Å²) in [5, 5.41) is 3.58. The van der Waals surface area contributed by atoms with E-state index in [0.717, 1.165) is 0 Å². The van der Waals surface area contributed by atoms with Crippen LogP contribution in [-0.2, 0) is 25.8 Å². The molecule has 0 aliphatic rings. The fourth-order valence-corrected chi connectivity index (χ4v) is 1.37. The molecule has 96 valence electrons. The number of nitrogens with two attached hydrogens (primary N) is 1. The third-order valence-corrected chi connectivity index (χ3v) is 2.12. The summed E-state index contributed by atoms with van der Waals surface area (Å²) in [5.74, 6) is -1.12. The number of ether oxygens (including phenoxy) is 1. The van der Waals surface area contributed by atoms with Crippen LogP contribution in [0.15, 0.2) is 29.4 Å². The molecule has 0 radical (unpaired) electrons. The van der Waals surface area contributed by atoms with Gasteiger partial charge in [0.1, 0.15) is 13.7 Å². The highest BCUT2D eigenvalue weighted by molar-refractivity contribution is 6.45. The number of rotatable bonds is 5. The second kappa shape index (κ2) is 6.39. The van der Waals surface area contributed by atoms with E-state index < -0.39 is 11.9 Å². The Labute approximate surface area is 104 Å². The van der Waals surface area contributed by atoms with E-state index in [0.29, 0.717) is 11.1 Å². The zero-order valence-corrected chi connectivity index (χ0v) is 10.2. The Balaban J connectivity index is 3.10. The molecule has 18 heavy (non-hydrogen) atoms. The van der Waals surface area contributed by atoms with E-state index in [1.54, 1.807) is 24.3 Å². The van der Waals surface area contributed by atoms with Gasteiger partial charge in [0.25, 0.3) is 5.91 Å². The summed E-state index contributed by atoms with van der Waals surface area (Å²) in [7, 11) is 1.32. The topological polar surface area (TPSA) is 91.0 Å². The van der Waals surface area contributed by atoms with E-state index in [-0.39, 0.29) is 12.3 Å². The molecule has 0 spiro atoms. The number of benzene rings is 1. The van der Waals surface area contributed by atoms with Gasteiger partial charge in [-0.15, -0.1) is 0 Å². The van der Waals surface area contributed by atoms with Gasteiger partial charge in [0.05, 0.1) is 0 Å². The number of nitrogens with zero attached hydrogens (tertiary/aromatic N) is 1. The fraction of sp³-hybridized carbons (Fsp3) is 0.250. The van der Waals surface area contributed by atoms with Crippen LogP contribution in [-0.4, -0.2) is 24.7 Å². The fourth-order valence-electron chi connectivity index (χ4n) is 1.37. The van der Waals surface area contributed by atoms with Gasteiger partial charge in [-0.1, -0.05) is 29.4 Å². The monoisotopic (exact) mass is 250 g/mol. The first kappa shape index (κ1) is 13.7. The number of amides is 1. The number of primary amides is 1. The van der Waals surface area contributed by atoms with Gasteiger partial charge in [-0.05, 0) is 5.56 Å². The van der Waals surface area contributed by atoms with E-state index in [9.17, 15) is 9.59 Å². The zero-order valence-electron chi connectivity index (χ0n) is 10.2. The molecule has 0 aromatic heterocycles. The van der Waals surface area contributed by atoms with Crippen molar-refractivity contribution in [2.45, 2.75) is 13.5 Å². The molecule has 6 nitrogen and oxygen atoms in total. The molecule has 0 atom stereocenters. The van der Waals surface area contributed by atoms with Crippen LogP contribution in [0.4, 0.5) is 0 Å². The Morgan fingerprint density at radius 3 is 2.56 bits per heavy atom. The molecule has 1 aromatic carbocycles. The van der Waals surface area contributed by atoms with Crippen molar-refractivity contribution in [3.8, 4) is 0 Å². The molecule has 0 unspecified atom stereocenters. The predicted molar refractivity (Wildman–Crippen MR) is 64.7 cm³/mol. The Kier molecular flexibility index (Phi) is 4.86. The molecular formula is C12H14N2O4. The third-order valence-electron chi connectivity index (χ3n) is 2.12. The Morgan fingerprint density at radius 2 is 2.00 bits per heavy atom. The smallest absolute Gasteiger partial charge is 0.302 e. The molecule has 0 heterocycles. The minimum absolute atomic E-state index is 0.0137. The number of esters is 1. The first-order valence-corrected chi connectivity index (χ1v) is 5.19. The number of hydrogen-bond acceptors (Lipinski definition) is 5. The molecule has 2 N–H and O–H groups in total. The minimum Gasteiger partial charge on any atom is -0.461 e. The van der Waals surface area contributed by atoms with Crippen molar-refractivity contribution in [3.05, 3.63) is 35.4 Å². The quantitative estimate of drug-likeness (QED) is 0.470. The van der Waals surface area contributed by atoms with Gasteiger partial charge in [0, 0.05) is 12.5 Å². The molecule has 1 amide bonds. The second-order valence-electron chi connectivity index (χ2n) is 3.42. The van der Waals surface area contributed by atoms with Gasteiger partial charge >= 0.3 is 5.97 Å². The van der Waals surface area contributed by atoms with Gasteiger partial charge in [-0.3, -0.25) is 9.59 Å². The average molecular weight is 250 g/mol. The van der Waals surface area contributed by atoms with Crippen molar-refractivity contribution >= 4 is 17.6 Å². The van der Waals surface area contributed by atoms with Crippen molar-refractivity contribution in [3.63, 3.8) is 0 Å². The normalized spacial score (nSPS) is 10.9. The van der Waals surface area contributed by atoms with Gasteiger partial charge in [0.2, 0.25) is 0 Å². The Hall–Kier alpha value is -2.37. The van der Waals surface area contributed by atoms with Crippen LogP contribution in [0, 0.1) is 0 Å². The second-order valence-corrected chi connectivity index (χ2v) is 3.42. The third kappa shape index (κ3) is 3.58. The van der Waals surface area contributed by atoms with Crippen LogP contribution < -0.4 is 5.73 Å². The van der Waals surface area contributed by atoms with E-state index in [2.05, 4.69) is 9.99 Å². The maximum atomic E-state index is 11.3. The van der Waals surface area contributed by atoms with Crippen molar-refractivity contribution < 1.29 is 19.2 Å². The molecule has 0 saturated heterocycles. The zero-order chi connectivity index (χ0) is 13.5.